The number of rotatable bonds is 3. The van der Waals surface area contributed by atoms with Crippen LogP contribution in [0.5, 0.6) is 0 Å². The fraction of sp³-hybridized carbons (Fsp3) is 0.300. The second-order valence-corrected chi connectivity index (χ2v) is 4.91. The van der Waals surface area contributed by atoms with E-state index in [0.29, 0.717) is 10.8 Å². The van der Waals surface area contributed by atoms with Crippen molar-refractivity contribution >= 4 is 34.7 Å². The standard InChI is InChI=1S/C10H12ClN5S/c1-5-4-17-9(14-5)6(2)15-8-7(11)3-13-10(12)16-8/h3-4,6H,1-2H3,(H3,12,13,15,16). The Balaban J connectivity index is 2.18. The maximum Gasteiger partial charge on any atom is 0.222 e. The van der Waals surface area contributed by atoms with Gasteiger partial charge in [0.15, 0.2) is 5.82 Å². The highest BCUT2D eigenvalue weighted by molar-refractivity contribution is 7.09. The van der Waals surface area contributed by atoms with Crippen LogP contribution in [0.25, 0.3) is 0 Å². The number of nitrogens with zero attached hydrogens (tertiary/aromatic N) is 3. The average molecular weight is 270 g/mol. The first kappa shape index (κ1) is 12.1. The molecule has 0 fully saturated rings. The van der Waals surface area contributed by atoms with Crippen LogP contribution in [0.3, 0.4) is 0 Å². The molecule has 0 spiro atoms. The molecule has 3 N–H and O–H groups in total. The Kier molecular flexibility index (Phi) is 3.44. The van der Waals surface area contributed by atoms with Gasteiger partial charge in [-0.3, -0.25) is 0 Å². The summed E-state index contributed by atoms with van der Waals surface area (Å²) >= 11 is 7.57. The maximum atomic E-state index is 5.97. The predicted molar refractivity (Wildman–Crippen MR) is 70.3 cm³/mol. The highest BCUT2D eigenvalue weighted by Gasteiger charge is 2.12. The largest absolute Gasteiger partial charge is 0.368 e. The lowest BCUT2D eigenvalue weighted by Crippen LogP contribution is -2.09. The number of nitrogen functional groups attached to an aromatic ring is 1. The van der Waals surface area contributed by atoms with Gasteiger partial charge in [0.2, 0.25) is 5.95 Å². The molecule has 2 heterocycles. The van der Waals surface area contributed by atoms with Crippen molar-refractivity contribution in [1.29, 1.82) is 0 Å². The van der Waals surface area contributed by atoms with E-state index in [0.717, 1.165) is 10.7 Å². The van der Waals surface area contributed by atoms with Gasteiger partial charge < -0.3 is 11.1 Å². The molecule has 17 heavy (non-hydrogen) atoms. The lowest BCUT2D eigenvalue weighted by Gasteiger charge is -2.12. The van der Waals surface area contributed by atoms with Crippen LogP contribution in [0.15, 0.2) is 11.6 Å². The molecule has 0 aromatic carbocycles. The predicted octanol–water partition coefficient (Wildman–Crippen LogP) is 2.65. The normalized spacial score (nSPS) is 12.4. The molecule has 0 aliphatic rings. The molecule has 0 saturated carbocycles. The molecule has 0 saturated heterocycles. The Morgan fingerprint density at radius 2 is 2.24 bits per heavy atom. The number of aryl methyl sites for hydroxylation is 1. The number of aromatic nitrogens is 3. The lowest BCUT2D eigenvalue weighted by atomic mass is 10.3. The molecule has 5 nitrogen and oxygen atoms in total. The van der Waals surface area contributed by atoms with Crippen LogP contribution in [-0.2, 0) is 0 Å². The molecule has 0 bridgehead atoms. The third-order valence-electron chi connectivity index (χ3n) is 2.12. The van der Waals surface area contributed by atoms with Crippen molar-refractivity contribution in [3.05, 3.63) is 27.3 Å². The maximum absolute atomic E-state index is 5.97. The summed E-state index contributed by atoms with van der Waals surface area (Å²) < 4.78 is 0. The number of hydrogen-bond donors (Lipinski definition) is 2. The number of nitrogens with one attached hydrogen (secondary N) is 1. The van der Waals surface area contributed by atoms with E-state index >= 15 is 0 Å². The Morgan fingerprint density at radius 1 is 1.47 bits per heavy atom. The number of anilines is 2. The topological polar surface area (TPSA) is 76.7 Å². The first-order valence-corrected chi connectivity index (χ1v) is 6.28. The monoisotopic (exact) mass is 269 g/mol. The van der Waals surface area contributed by atoms with E-state index < -0.39 is 0 Å². The molecule has 0 radical (unpaired) electrons. The highest BCUT2D eigenvalue weighted by atomic mass is 35.5. The van der Waals surface area contributed by atoms with Crippen molar-refractivity contribution in [1.82, 2.24) is 15.0 Å². The van der Waals surface area contributed by atoms with Gasteiger partial charge in [-0.25, -0.2) is 9.97 Å². The molecule has 7 heteroatoms. The summed E-state index contributed by atoms with van der Waals surface area (Å²) in [5.41, 5.74) is 6.52. The second-order valence-electron chi connectivity index (χ2n) is 3.62. The van der Waals surface area contributed by atoms with Crippen LogP contribution in [0.4, 0.5) is 11.8 Å². The van der Waals surface area contributed by atoms with Gasteiger partial charge in [-0.05, 0) is 13.8 Å². The van der Waals surface area contributed by atoms with Crippen LogP contribution >= 0.6 is 22.9 Å². The van der Waals surface area contributed by atoms with E-state index in [1.54, 1.807) is 11.3 Å². The third-order valence-corrected chi connectivity index (χ3v) is 3.55. The Morgan fingerprint density at radius 3 is 2.88 bits per heavy atom. The molecule has 0 aliphatic carbocycles. The van der Waals surface area contributed by atoms with Gasteiger partial charge >= 0.3 is 0 Å². The zero-order valence-electron chi connectivity index (χ0n) is 9.44. The number of hydrogen-bond acceptors (Lipinski definition) is 6. The van der Waals surface area contributed by atoms with Crippen LogP contribution in [-0.4, -0.2) is 15.0 Å². The number of halogens is 1. The van der Waals surface area contributed by atoms with Crippen molar-refractivity contribution in [2.24, 2.45) is 0 Å². The van der Waals surface area contributed by atoms with E-state index in [4.69, 9.17) is 17.3 Å². The first-order valence-electron chi connectivity index (χ1n) is 5.03. The van der Waals surface area contributed by atoms with E-state index in [2.05, 4.69) is 20.3 Å². The quantitative estimate of drug-likeness (QED) is 0.896. The van der Waals surface area contributed by atoms with Crippen molar-refractivity contribution in [2.45, 2.75) is 19.9 Å². The fourth-order valence-corrected chi connectivity index (χ4v) is 2.27. The first-order chi connectivity index (χ1) is 8.06. The van der Waals surface area contributed by atoms with Gasteiger partial charge in [-0.2, -0.15) is 4.98 Å². The van der Waals surface area contributed by atoms with Crippen LogP contribution in [0, 0.1) is 6.92 Å². The van der Waals surface area contributed by atoms with Crippen LogP contribution < -0.4 is 11.1 Å². The smallest absolute Gasteiger partial charge is 0.222 e. The van der Waals surface area contributed by atoms with Gasteiger partial charge in [-0.1, -0.05) is 11.6 Å². The van der Waals surface area contributed by atoms with Crippen molar-refractivity contribution in [3.63, 3.8) is 0 Å². The molecule has 1 atom stereocenters. The van der Waals surface area contributed by atoms with Gasteiger partial charge in [-0.15, -0.1) is 11.3 Å². The molecule has 0 amide bonds. The summed E-state index contributed by atoms with van der Waals surface area (Å²) in [7, 11) is 0. The SMILES string of the molecule is Cc1csc(C(C)Nc2nc(N)ncc2Cl)n1. The number of thiazole rings is 1. The summed E-state index contributed by atoms with van der Waals surface area (Å²) in [4.78, 5) is 12.2. The molecule has 2 aromatic rings. The van der Waals surface area contributed by atoms with E-state index in [9.17, 15) is 0 Å². The fourth-order valence-electron chi connectivity index (χ4n) is 1.32. The van der Waals surface area contributed by atoms with Crippen molar-refractivity contribution in [2.75, 3.05) is 11.1 Å². The Labute approximate surface area is 108 Å². The lowest BCUT2D eigenvalue weighted by molar-refractivity contribution is 0.854. The molecule has 2 rings (SSSR count). The summed E-state index contributed by atoms with van der Waals surface area (Å²) in [6.07, 6.45) is 1.48. The van der Waals surface area contributed by atoms with E-state index in [1.807, 2.05) is 19.2 Å². The molecular weight excluding hydrogens is 258 g/mol. The van der Waals surface area contributed by atoms with Gasteiger partial charge in [0.05, 0.1) is 12.2 Å². The summed E-state index contributed by atoms with van der Waals surface area (Å²) in [5.74, 6) is 0.721. The third kappa shape index (κ3) is 2.83. The Hall–Kier alpha value is -1.40. The average Bonchev–Trinajstić information content (AvgIpc) is 2.70. The Bertz CT molecular complexity index is 527. The van der Waals surface area contributed by atoms with Crippen LogP contribution in [0.2, 0.25) is 5.02 Å². The van der Waals surface area contributed by atoms with Gasteiger partial charge in [0, 0.05) is 11.1 Å². The minimum absolute atomic E-state index is 0.0282. The van der Waals surface area contributed by atoms with Gasteiger partial charge in [0.1, 0.15) is 10.0 Å². The van der Waals surface area contributed by atoms with Gasteiger partial charge in [0.25, 0.3) is 0 Å². The summed E-state index contributed by atoms with van der Waals surface area (Å²) in [6, 6.07) is 0.0282. The molecule has 1 unspecified atom stereocenters. The molecule has 2 aromatic heterocycles. The molecular formula is C10H12ClN5S. The molecule has 90 valence electrons. The molecule has 0 aliphatic heterocycles. The van der Waals surface area contributed by atoms with Crippen molar-refractivity contribution in [3.8, 4) is 0 Å². The summed E-state index contributed by atoms with van der Waals surface area (Å²) in [5, 5.41) is 6.59. The number of nitrogens with two attached hydrogens (primary N) is 1. The highest BCUT2D eigenvalue weighted by Crippen LogP contribution is 2.25. The van der Waals surface area contributed by atoms with Crippen molar-refractivity contribution < 1.29 is 0 Å². The zero-order chi connectivity index (χ0) is 12.4. The zero-order valence-corrected chi connectivity index (χ0v) is 11.0. The summed E-state index contributed by atoms with van der Waals surface area (Å²) in [6.45, 7) is 3.95. The van der Waals surface area contributed by atoms with Crippen LogP contribution in [0.1, 0.15) is 23.7 Å². The minimum atomic E-state index is 0.0282. The second kappa shape index (κ2) is 4.85. The van der Waals surface area contributed by atoms with E-state index in [1.165, 1.54) is 6.20 Å². The minimum Gasteiger partial charge on any atom is -0.368 e. The van der Waals surface area contributed by atoms with E-state index in [-0.39, 0.29) is 12.0 Å².